The zero-order valence-corrected chi connectivity index (χ0v) is 18.2. The number of carbonyl (C=O) groups is 1. The van der Waals surface area contributed by atoms with Crippen molar-refractivity contribution in [2.24, 2.45) is 0 Å². The zero-order chi connectivity index (χ0) is 20.4. The Bertz CT molecular complexity index is 1170. The number of hydrogen-bond donors (Lipinski definition) is 1. The number of rotatable bonds is 5. The third-order valence-corrected chi connectivity index (χ3v) is 6.47. The van der Waals surface area contributed by atoms with E-state index in [9.17, 15) is 4.79 Å². The number of pyridine rings is 1. The Balaban J connectivity index is 1.44. The minimum atomic E-state index is -0.300. The number of nitrogens with one attached hydrogen (secondary N) is 1. The number of hydrogen-bond acceptors (Lipinski definition) is 5. The zero-order valence-electron chi connectivity index (χ0n) is 15.8. The van der Waals surface area contributed by atoms with E-state index in [1.54, 1.807) is 0 Å². The van der Waals surface area contributed by atoms with Gasteiger partial charge in [-0.05, 0) is 43.7 Å². The van der Waals surface area contributed by atoms with Gasteiger partial charge in [-0.1, -0.05) is 53.7 Å². The standard InChI is InChI=1S/C22H18ClN3OS2/c1-13-11-20(24-18-6-4-3-5-17(13)18)29-14(2)21(27)26-22-25-19(12-28-22)15-7-9-16(23)10-8-15/h3-12,14H,1-2H3,(H,25,26,27). The largest absolute Gasteiger partial charge is 0.301 e. The van der Waals surface area contributed by atoms with E-state index in [2.05, 4.69) is 28.3 Å². The van der Waals surface area contributed by atoms with Crippen LogP contribution in [0.15, 0.2) is 65.0 Å². The van der Waals surface area contributed by atoms with Crippen LogP contribution in [-0.2, 0) is 4.79 Å². The molecular formula is C22H18ClN3OS2. The summed E-state index contributed by atoms with van der Waals surface area (Å²) in [6.07, 6.45) is 0. The fourth-order valence-electron chi connectivity index (χ4n) is 2.90. The number of benzene rings is 2. The highest BCUT2D eigenvalue weighted by Gasteiger charge is 2.18. The van der Waals surface area contributed by atoms with Crippen molar-refractivity contribution in [2.45, 2.75) is 24.1 Å². The third-order valence-electron chi connectivity index (χ3n) is 4.44. The van der Waals surface area contributed by atoms with Crippen LogP contribution in [0, 0.1) is 6.92 Å². The first-order valence-corrected chi connectivity index (χ1v) is 11.2. The van der Waals surface area contributed by atoms with Crippen LogP contribution in [0.5, 0.6) is 0 Å². The Kier molecular flexibility index (Phi) is 5.85. The molecule has 0 saturated carbocycles. The van der Waals surface area contributed by atoms with Crippen LogP contribution < -0.4 is 5.32 Å². The van der Waals surface area contributed by atoms with Gasteiger partial charge in [-0.15, -0.1) is 11.3 Å². The van der Waals surface area contributed by atoms with E-state index < -0.39 is 0 Å². The Hall–Kier alpha value is -2.41. The number of halogens is 1. The molecule has 2 aromatic carbocycles. The van der Waals surface area contributed by atoms with Gasteiger partial charge >= 0.3 is 0 Å². The molecule has 29 heavy (non-hydrogen) atoms. The minimum Gasteiger partial charge on any atom is -0.301 e. The lowest BCUT2D eigenvalue weighted by atomic mass is 10.1. The smallest absolute Gasteiger partial charge is 0.239 e. The topological polar surface area (TPSA) is 54.9 Å². The molecule has 2 heterocycles. The summed E-state index contributed by atoms with van der Waals surface area (Å²) in [7, 11) is 0. The predicted octanol–water partition coefficient (Wildman–Crippen LogP) is 6.44. The maximum atomic E-state index is 12.6. The van der Waals surface area contributed by atoms with Crippen molar-refractivity contribution < 1.29 is 4.79 Å². The number of amides is 1. The molecule has 7 heteroatoms. The molecule has 0 radical (unpaired) electrons. The Morgan fingerprint density at radius 1 is 1.14 bits per heavy atom. The fraction of sp³-hybridized carbons (Fsp3) is 0.136. The molecular weight excluding hydrogens is 422 g/mol. The molecule has 1 N–H and O–H groups in total. The van der Waals surface area contributed by atoms with E-state index >= 15 is 0 Å². The summed E-state index contributed by atoms with van der Waals surface area (Å²) in [5.74, 6) is -0.0976. The van der Waals surface area contributed by atoms with Crippen molar-refractivity contribution in [3.63, 3.8) is 0 Å². The van der Waals surface area contributed by atoms with Crippen molar-refractivity contribution >= 4 is 56.6 Å². The average Bonchev–Trinajstić information content (AvgIpc) is 3.17. The van der Waals surface area contributed by atoms with Gasteiger partial charge < -0.3 is 5.32 Å². The number of fused-ring (bicyclic) bond motifs is 1. The second kappa shape index (κ2) is 8.53. The fourth-order valence-corrected chi connectivity index (χ4v) is 4.68. The Morgan fingerprint density at radius 2 is 1.90 bits per heavy atom. The summed E-state index contributed by atoms with van der Waals surface area (Å²) in [4.78, 5) is 21.8. The van der Waals surface area contributed by atoms with E-state index in [4.69, 9.17) is 11.6 Å². The van der Waals surface area contributed by atoms with Crippen LogP contribution in [0.25, 0.3) is 22.2 Å². The summed E-state index contributed by atoms with van der Waals surface area (Å²) in [5, 5.41) is 7.76. The van der Waals surface area contributed by atoms with Gasteiger partial charge in [0.2, 0.25) is 5.91 Å². The number of aromatic nitrogens is 2. The molecule has 0 spiro atoms. The first-order chi connectivity index (χ1) is 14.0. The SMILES string of the molecule is Cc1cc(SC(C)C(=O)Nc2nc(-c3ccc(Cl)cc3)cs2)nc2ccccc12. The van der Waals surface area contributed by atoms with Crippen LogP contribution >= 0.6 is 34.7 Å². The van der Waals surface area contributed by atoms with Gasteiger partial charge in [-0.2, -0.15) is 0 Å². The summed E-state index contributed by atoms with van der Waals surface area (Å²) in [5.41, 5.74) is 3.87. The first kappa shape index (κ1) is 19.9. The summed E-state index contributed by atoms with van der Waals surface area (Å²) >= 11 is 8.78. The molecule has 4 rings (SSSR count). The van der Waals surface area contributed by atoms with Crippen LogP contribution in [0.2, 0.25) is 5.02 Å². The number of anilines is 1. The van der Waals surface area contributed by atoms with E-state index in [1.165, 1.54) is 23.1 Å². The van der Waals surface area contributed by atoms with Gasteiger partial charge in [0, 0.05) is 21.4 Å². The second-order valence-electron chi connectivity index (χ2n) is 6.59. The lowest BCUT2D eigenvalue weighted by Crippen LogP contribution is -2.22. The van der Waals surface area contributed by atoms with E-state index in [1.807, 2.05) is 60.8 Å². The van der Waals surface area contributed by atoms with Gasteiger partial charge in [0.1, 0.15) is 0 Å². The van der Waals surface area contributed by atoms with Gasteiger partial charge in [0.05, 0.1) is 21.5 Å². The van der Waals surface area contributed by atoms with Gasteiger partial charge in [-0.3, -0.25) is 4.79 Å². The molecule has 1 amide bonds. The molecule has 0 aliphatic rings. The van der Waals surface area contributed by atoms with Crippen molar-refractivity contribution in [1.29, 1.82) is 0 Å². The third kappa shape index (κ3) is 4.61. The molecule has 146 valence electrons. The van der Waals surface area contributed by atoms with Crippen LogP contribution in [-0.4, -0.2) is 21.1 Å². The lowest BCUT2D eigenvalue weighted by Gasteiger charge is -2.11. The maximum absolute atomic E-state index is 12.6. The summed E-state index contributed by atoms with van der Waals surface area (Å²) in [6.45, 7) is 3.94. The molecule has 1 unspecified atom stereocenters. The Labute approximate surface area is 182 Å². The van der Waals surface area contributed by atoms with Crippen molar-refractivity contribution in [1.82, 2.24) is 9.97 Å². The van der Waals surface area contributed by atoms with Crippen molar-refractivity contribution in [2.75, 3.05) is 5.32 Å². The normalized spacial score (nSPS) is 12.1. The molecule has 0 bridgehead atoms. The number of nitrogens with zero attached hydrogens (tertiary/aromatic N) is 2. The average molecular weight is 440 g/mol. The molecule has 2 aromatic heterocycles. The molecule has 4 aromatic rings. The monoisotopic (exact) mass is 439 g/mol. The van der Waals surface area contributed by atoms with Crippen molar-refractivity contribution in [3.05, 3.63) is 70.6 Å². The predicted molar refractivity (Wildman–Crippen MR) is 123 cm³/mol. The van der Waals surface area contributed by atoms with E-state index in [-0.39, 0.29) is 11.2 Å². The highest BCUT2D eigenvalue weighted by Crippen LogP contribution is 2.29. The molecule has 0 aliphatic heterocycles. The molecule has 1 atom stereocenters. The number of para-hydroxylation sites is 1. The number of carbonyl (C=O) groups excluding carboxylic acids is 1. The molecule has 0 fully saturated rings. The van der Waals surface area contributed by atoms with Crippen molar-refractivity contribution in [3.8, 4) is 11.3 Å². The number of thioether (sulfide) groups is 1. The van der Waals surface area contributed by atoms with Crippen LogP contribution in [0.3, 0.4) is 0 Å². The maximum Gasteiger partial charge on any atom is 0.239 e. The first-order valence-electron chi connectivity index (χ1n) is 9.05. The number of aryl methyl sites for hydroxylation is 1. The molecule has 0 aliphatic carbocycles. The quantitative estimate of drug-likeness (QED) is 0.363. The van der Waals surface area contributed by atoms with E-state index in [0.717, 1.165) is 32.7 Å². The van der Waals surface area contributed by atoms with Gasteiger partial charge in [0.15, 0.2) is 5.13 Å². The second-order valence-corrected chi connectivity index (χ2v) is 9.24. The lowest BCUT2D eigenvalue weighted by molar-refractivity contribution is -0.115. The highest BCUT2D eigenvalue weighted by atomic mass is 35.5. The molecule has 4 nitrogen and oxygen atoms in total. The van der Waals surface area contributed by atoms with E-state index in [0.29, 0.717) is 10.2 Å². The number of thiazole rings is 1. The minimum absolute atomic E-state index is 0.0976. The van der Waals surface area contributed by atoms with Gasteiger partial charge in [-0.25, -0.2) is 9.97 Å². The summed E-state index contributed by atoms with van der Waals surface area (Å²) < 4.78 is 0. The van der Waals surface area contributed by atoms with Crippen LogP contribution in [0.4, 0.5) is 5.13 Å². The molecule has 0 saturated heterocycles. The van der Waals surface area contributed by atoms with Crippen LogP contribution in [0.1, 0.15) is 12.5 Å². The highest BCUT2D eigenvalue weighted by molar-refractivity contribution is 8.00. The Morgan fingerprint density at radius 3 is 2.69 bits per heavy atom. The summed E-state index contributed by atoms with van der Waals surface area (Å²) in [6, 6.07) is 17.5. The van der Waals surface area contributed by atoms with Gasteiger partial charge in [0.25, 0.3) is 0 Å².